The lowest BCUT2D eigenvalue weighted by molar-refractivity contribution is -0.205. The third-order valence-corrected chi connectivity index (χ3v) is 5.72. The summed E-state index contributed by atoms with van der Waals surface area (Å²) in [6.07, 6.45) is 3.01. The van der Waals surface area contributed by atoms with Crippen LogP contribution in [0.25, 0.3) is 0 Å². The molecule has 1 aliphatic heterocycles. The van der Waals surface area contributed by atoms with Gasteiger partial charge in [-0.15, -0.1) is 0 Å². The smallest absolute Gasteiger partial charge is 0.347 e. The van der Waals surface area contributed by atoms with Gasteiger partial charge in [0.1, 0.15) is 17.2 Å². The Morgan fingerprint density at radius 3 is 2.57 bits per heavy atom. The van der Waals surface area contributed by atoms with Crippen LogP contribution in [0.3, 0.4) is 0 Å². The number of hydrogen-bond acceptors (Lipinski definition) is 3. The zero-order chi connectivity index (χ0) is 15.8. The Morgan fingerprint density at radius 2 is 1.96 bits per heavy atom. The fraction of sp³-hybridized carbons (Fsp3) is 0.529. The second kappa shape index (κ2) is 4.04. The first-order valence-corrected chi connectivity index (χ1v) is 8.07. The number of methoxy groups -OCH3 is 1. The van der Waals surface area contributed by atoms with E-state index in [0.717, 1.165) is 30.0 Å². The van der Waals surface area contributed by atoms with Gasteiger partial charge in [-0.1, -0.05) is 12.1 Å². The van der Waals surface area contributed by atoms with E-state index in [4.69, 9.17) is 4.74 Å². The van der Waals surface area contributed by atoms with Gasteiger partial charge in [0.2, 0.25) is 0 Å². The molecule has 2 bridgehead atoms. The van der Waals surface area contributed by atoms with Crippen LogP contribution >= 0.6 is 0 Å². The van der Waals surface area contributed by atoms with Crippen LogP contribution in [-0.2, 0) is 12.0 Å². The van der Waals surface area contributed by atoms with Crippen LogP contribution in [-0.4, -0.2) is 27.1 Å². The number of aryl methyl sites for hydroxylation is 1. The number of halogens is 1. The average Bonchev–Trinajstić information content (AvgIpc) is 3.04. The summed E-state index contributed by atoms with van der Waals surface area (Å²) in [5, 5.41) is 4.54. The van der Waals surface area contributed by atoms with Crippen molar-refractivity contribution in [3.05, 3.63) is 46.1 Å². The van der Waals surface area contributed by atoms with E-state index in [1.54, 1.807) is 16.4 Å². The van der Waals surface area contributed by atoms with Crippen molar-refractivity contribution in [2.45, 2.75) is 49.4 Å². The first kappa shape index (κ1) is 13.3. The Morgan fingerprint density at radius 1 is 1.26 bits per heavy atom. The normalized spacial score (nSPS) is 33.7. The van der Waals surface area contributed by atoms with E-state index in [1.807, 2.05) is 24.3 Å². The van der Waals surface area contributed by atoms with Crippen LogP contribution in [0.4, 0.5) is 4.39 Å². The maximum absolute atomic E-state index is 13.8. The van der Waals surface area contributed by atoms with Crippen molar-refractivity contribution >= 4 is 0 Å². The molecule has 0 radical (unpaired) electrons. The van der Waals surface area contributed by atoms with Crippen molar-refractivity contribution in [1.82, 2.24) is 14.3 Å². The molecule has 0 N–H and O–H groups in total. The Balaban J connectivity index is 1.53. The first-order chi connectivity index (χ1) is 11.0. The van der Waals surface area contributed by atoms with Crippen molar-refractivity contribution < 1.29 is 9.13 Å². The molecule has 5 nitrogen and oxygen atoms in total. The lowest BCUT2D eigenvalue weighted by Gasteiger charge is -2.64. The molecule has 0 saturated heterocycles. The van der Waals surface area contributed by atoms with Crippen molar-refractivity contribution in [3.8, 4) is 5.75 Å². The summed E-state index contributed by atoms with van der Waals surface area (Å²) in [7, 11) is 1.64. The molecule has 3 saturated carbocycles. The van der Waals surface area contributed by atoms with Gasteiger partial charge in [-0.2, -0.15) is 5.10 Å². The van der Waals surface area contributed by atoms with Gasteiger partial charge in [-0.05, 0) is 24.1 Å². The molecule has 2 heterocycles. The zero-order valence-corrected chi connectivity index (χ0v) is 13.0. The molecule has 1 atom stereocenters. The monoisotopic (exact) mass is 315 g/mol. The van der Waals surface area contributed by atoms with Crippen LogP contribution < -0.4 is 10.4 Å². The maximum Gasteiger partial charge on any atom is 0.347 e. The SMILES string of the molecule is COc1ccc(C2CCc3nn(C45CC(F)(C4)C5)c(=O)n32)cc1. The fourth-order valence-corrected chi connectivity index (χ4v) is 4.59. The van der Waals surface area contributed by atoms with Gasteiger partial charge in [0.05, 0.1) is 18.7 Å². The lowest BCUT2D eigenvalue weighted by Crippen LogP contribution is -2.72. The number of alkyl halides is 1. The number of nitrogens with zero attached hydrogens (tertiary/aromatic N) is 3. The second-order valence-electron chi connectivity index (χ2n) is 7.21. The Bertz CT molecular complexity index is 832. The molecular weight excluding hydrogens is 297 g/mol. The summed E-state index contributed by atoms with van der Waals surface area (Å²) in [4.78, 5) is 12.9. The number of aromatic nitrogens is 3. The third-order valence-electron chi connectivity index (χ3n) is 5.72. The van der Waals surface area contributed by atoms with Gasteiger partial charge in [0, 0.05) is 25.7 Å². The molecule has 4 aliphatic rings. The van der Waals surface area contributed by atoms with Gasteiger partial charge in [-0.3, -0.25) is 4.57 Å². The van der Waals surface area contributed by atoms with E-state index in [0.29, 0.717) is 19.3 Å². The number of hydrogen-bond donors (Lipinski definition) is 0. The highest BCUT2D eigenvalue weighted by atomic mass is 19.1. The van der Waals surface area contributed by atoms with Crippen molar-refractivity contribution in [3.63, 3.8) is 0 Å². The number of benzene rings is 1. The number of rotatable bonds is 3. The number of ether oxygens (including phenoxy) is 1. The predicted molar refractivity (Wildman–Crippen MR) is 81.6 cm³/mol. The summed E-state index contributed by atoms with van der Waals surface area (Å²) >= 11 is 0. The molecule has 3 aliphatic carbocycles. The van der Waals surface area contributed by atoms with Gasteiger partial charge >= 0.3 is 5.69 Å². The minimum atomic E-state index is -1.02. The summed E-state index contributed by atoms with van der Waals surface area (Å²) in [5.74, 6) is 1.63. The summed E-state index contributed by atoms with van der Waals surface area (Å²) < 4.78 is 22.3. The van der Waals surface area contributed by atoms with E-state index in [2.05, 4.69) is 5.10 Å². The average molecular weight is 315 g/mol. The van der Waals surface area contributed by atoms with Gasteiger partial charge in [0.25, 0.3) is 0 Å². The molecule has 0 spiro atoms. The molecule has 6 rings (SSSR count). The largest absolute Gasteiger partial charge is 0.497 e. The molecule has 120 valence electrons. The Kier molecular flexibility index (Phi) is 2.35. The third kappa shape index (κ3) is 1.61. The van der Waals surface area contributed by atoms with E-state index in [1.165, 1.54) is 0 Å². The fourth-order valence-electron chi connectivity index (χ4n) is 4.59. The summed E-state index contributed by atoms with van der Waals surface area (Å²) in [5.41, 5.74) is -0.359. The highest BCUT2D eigenvalue weighted by molar-refractivity contribution is 5.31. The van der Waals surface area contributed by atoms with Crippen molar-refractivity contribution in [1.29, 1.82) is 0 Å². The summed E-state index contributed by atoms with van der Waals surface area (Å²) in [6, 6.07) is 7.84. The molecule has 6 heteroatoms. The first-order valence-electron chi connectivity index (χ1n) is 8.07. The molecule has 2 aromatic rings. The molecule has 23 heavy (non-hydrogen) atoms. The van der Waals surface area contributed by atoms with E-state index in [-0.39, 0.29) is 17.3 Å². The second-order valence-corrected chi connectivity index (χ2v) is 7.21. The van der Waals surface area contributed by atoms with Gasteiger partial charge < -0.3 is 4.74 Å². The Hall–Kier alpha value is -2.11. The topological polar surface area (TPSA) is 49.1 Å². The lowest BCUT2D eigenvalue weighted by atomic mass is 9.47. The van der Waals surface area contributed by atoms with E-state index >= 15 is 0 Å². The Labute approximate surface area is 132 Å². The van der Waals surface area contributed by atoms with E-state index in [9.17, 15) is 9.18 Å². The minimum Gasteiger partial charge on any atom is -0.497 e. The molecule has 1 unspecified atom stereocenters. The highest BCUT2D eigenvalue weighted by Crippen LogP contribution is 2.66. The van der Waals surface area contributed by atoms with Crippen LogP contribution in [0, 0.1) is 0 Å². The van der Waals surface area contributed by atoms with Crippen LogP contribution in [0.5, 0.6) is 5.75 Å². The van der Waals surface area contributed by atoms with Crippen LogP contribution in [0.2, 0.25) is 0 Å². The maximum atomic E-state index is 13.8. The van der Waals surface area contributed by atoms with Crippen molar-refractivity contribution in [2.75, 3.05) is 7.11 Å². The molecule has 0 amide bonds. The number of fused-ring (bicyclic) bond motifs is 1. The summed E-state index contributed by atoms with van der Waals surface area (Å²) in [6.45, 7) is 0. The van der Waals surface area contributed by atoms with Gasteiger partial charge in [0.15, 0.2) is 0 Å². The predicted octanol–water partition coefficient (Wildman–Crippen LogP) is 2.19. The minimum absolute atomic E-state index is 0.0174. The van der Waals surface area contributed by atoms with Crippen LogP contribution in [0.1, 0.15) is 43.1 Å². The molecular formula is C17H18FN3O2. The quantitative estimate of drug-likeness (QED) is 0.872. The van der Waals surface area contributed by atoms with Crippen LogP contribution in [0.15, 0.2) is 29.1 Å². The molecule has 3 fully saturated rings. The molecule has 1 aromatic heterocycles. The van der Waals surface area contributed by atoms with Crippen molar-refractivity contribution in [2.24, 2.45) is 0 Å². The van der Waals surface area contributed by atoms with E-state index < -0.39 is 5.67 Å². The molecule has 1 aromatic carbocycles. The standard InChI is InChI=1S/C17H18FN3O2/c1-23-12-4-2-11(3-5-12)13-6-7-14-19-21(15(22)20(13)14)17-8-16(18,9-17)10-17/h2-5,13H,6-10H2,1H3. The van der Waals surface area contributed by atoms with Gasteiger partial charge in [-0.25, -0.2) is 13.9 Å². The zero-order valence-electron chi connectivity index (χ0n) is 13.0. The highest BCUT2D eigenvalue weighted by Gasteiger charge is 2.71.